The number of halogens is 1. The quantitative estimate of drug-likeness (QED) is 0.726. The summed E-state index contributed by atoms with van der Waals surface area (Å²) in [6, 6.07) is 0. The Balaban J connectivity index is 2.57. The molecule has 1 aromatic rings. The van der Waals surface area contributed by atoms with Gasteiger partial charge in [-0.15, -0.1) is 0 Å². The van der Waals surface area contributed by atoms with Crippen LogP contribution in [0.5, 0.6) is 0 Å². The molecule has 1 aromatic heterocycles. The number of nitrogen functional groups attached to an aromatic ring is 1. The summed E-state index contributed by atoms with van der Waals surface area (Å²) in [5.74, 6) is 0.901. The summed E-state index contributed by atoms with van der Waals surface area (Å²) in [4.78, 5) is 7.73. The molecule has 0 bridgehead atoms. The van der Waals surface area contributed by atoms with Crippen LogP contribution < -0.4 is 11.1 Å². The van der Waals surface area contributed by atoms with Crippen molar-refractivity contribution in [3.8, 4) is 0 Å². The lowest BCUT2D eigenvalue weighted by atomic mass is 9.97. The zero-order chi connectivity index (χ0) is 12.8. The first kappa shape index (κ1) is 14.0. The van der Waals surface area contributed by atoms with Gasteiger partial charge in [-0.2, -0.15) is 4.98 Å². The van der Waals surface area contributed by atoms with Gasteiger partial charge in [0.2, 0.25) is 5.95 Å². The molecule has 0 spiro atoms. The number of nitrogens with two attached hydrogens (primary N) is 1. The summed E-state index contributed by atoms with van der Waals surface area (Å²) < 4.78 is 0. The van der Waals surface area contributed by atoms with Crippen molar-refractivity contribution in [1.29, 1.82) is 0 Å². The standard InChI is InChI=1S/C11H19ClN4O/c1-3-7(4-2)9(17)6-14-10-8(12)5-15-11(13)16-10/h5,7,9,17H,3-4,6H2,1-2H3,(H3,13,14,15,16). The average Bonchev–Trinajstić information content (AvgIpc) is 2.32. The molecule has 0 aliphatic heterocycles. The number of hydrogen-bond donors (Lipinski definition) is 3. The lowest BCUT2D eigenvalue weighted by Gasteiger charge is -2.20. The predicted molar refractivity (Wildman–Crippen MR) is 70.0 cm³/mol. The van der Waals surface area contributed by atoms with Crippen molar-refractivity contribution in [3.05, 3.63) is 11.2 Å². The van der Waals surface area contributed by atoms with Gasteiger partial charge in [-0.3, -0.25) is 0 Å². The minimum atomic E-state index is -0.419. The molecule has 4 N–H and O–H groups in total. The Morgan fingerprint density at radius 1 is 1.47 bits per heavy atom. The van der Waals surface area contributed by atoms with Gasteiger partial charge in [0.15, 0.2) is 5.82 Å². The summed E-state index contributed by atoms with van der Waals surface area (Å²) in [5.41, 5.74) is 5.46. The van der Waals surface area contributed by atoms with Gasteiger partial charge < -0.3 is 16.2 Å². The fourth-order valence-corrected chi connectivity index (χ4v) is 1.86. The van der Waals surface area contributed by atoms with Gasteiger partial charge in [0.05, 0.1) is 12.3 Å². The van der Waals surface area contributed by atoms with Crippen LogP contribution in [0.3, 0.4) is 0 Å². The minimum Gasteiger partial charge on any atom is -0.391 e. The summed E-state index contributed by atoms with van der Waals surface area (Å²) in [6.45, 7) is 4.53. The second-order valence-corrected chi connectivity index (χ2v) is 4.36. The smallest absolute Gasteiger partial charge is 0.222 e. The highest BCUT2D eigenvalue weighted by Gasteiger charge is 2.15. The highest BCUT2D eigenvalue weighted by atomic mass is 35.5. The van der Waals surface area contributed by atoms with Gasteiger partial charge in [-0.25, -0.2) is 4.98 Å². The molecular weight excluding hydrogens is 240 g/mol. The second kappa shape index (κ2) is 6.61. The maximum Gasteiger partial charge on any atom is 0.222 e. The van der Waals surface area contributed by atoms with E-state index in [1.54, 1.807) is 0 Å². The number of aliphatic hydroxyl groups excluding tert-OH is 1. The van der Waals surface area contributed by atoms with E-state index in [1.807, 2.05) is 0 Å². The molecule has 0 aliphatic carbocycles. The van der Waals surface area contributed by atoms with E-state index in [-0.39, 0.29) is 11.9 Å². The van der Waals surface area contributed by atoms with Crippen molar-refractivity contribution in [2.75, 3.05) is 17.6 Å². The highest BCUT2D eigenvalue weighted by molar-refractivity contribution is 6.32. The van der Waals surface area contributed by atoms with Crippen molar-refractivity contribution < 1.29 is 5.11 Å². The number of rotatable bonds is 6. The SMILES string of the molecule is CCC(CC)C(O)CNc1nc(N)ncc1Cl. The van der Waals surface area contributed by atoms with E-state index < -0.39 is 6.10 Å². The van der Waals surface area contributed by atoms with Crippen molar-refractivity contribution in [3.63, 3.8) is 0 Å². The Morgan fingerprint density at radius 2 is 2.12 bits per heavy atom. The number of aromatic nitrogens is 2. The third-order valence-electron chi connectivity index (χ3n) is 2.83. The molecule has 0 saturated heterocycles. The van der Waals surface area contributed by atoms with Crippen LogP contribution in [0.1, 0.15) is 26.7 Å². The first-order chi connectivity index (χ1) is 8.08. The van der Waals surface area contributed by atoms with Crippen molar-refractivity contribution in [2.45, 2.75) is 32.8 Å². The van der Waals surface area contributed by atoms with Crippen molar-refractivity contribution in [1.82, 2.24) is 9.97 Å². The van der Waals surface area contributed by atoms with E-state index in [2.05, 4.69) is 29.1 Å². The van der Waals surface area contributed by atoms with E-state index in [9.17, 15) is 5.11 Å². The van der Waals surface area contributed by atoms with Crippen LogP contribution in [0.2, 0.25) is 5.02 Å². The monoisotopic (exact) mass is 258 g/mol. The van der Waals surface area contributed by atoms with E-state index in [4.69, 9.17) is 17.3 Å². The maximum absolute atomic E-state index is 9.95. The molecule has 17 heavy (non-hydrogen) atoms. The number of anilines is 2. The molecule has 0 aromatic carbocycles. The van der Waals surface area contributed by atoms with E-state index in [0.717, 1.165) is 12.8 Å². The minimum absolute atomic E-state index is 0.161. The van der Waals surface area contributed by atoms with Crippen molar-refractivity contribution in [2.24, 2.45) is 5.92 Å². The molecule has 5 nitrogen and oxygen atoms in total. The van der Waals surface area contributed by atoms with Gasteiger partial charge >= 0.3 is 0 Å². The third kappa shape index (κ3) is 4.02. The fraction of sp³-hybridized carbons (Fsp3) is 0.636. The zero-order valence-corrected chi connectivity index (χ0v) is 10.9. The lowest BCUT2D eigenvalue weighted by molar-refractivity contribution is 0.114. The summed E-state index contributed by atoms with van der Waals surface area (Å²) in [6.07, 6.45) is 2.91. The van der Waals surface area contributed by atoms with Gasteiger partial charge in [0.1, 0.15) is 5.02 Å². The third-order valence-corrected chi connectivity index (χ3v) is 3.11. The number of nitrogens with zero attached hydrogens (tertiary/aromatic N) is 2. The molecule has 1 unspecified atom stereocenters. The van der Waals surface area contributed by atoms with Crippen LogP contribution >= 0.6 is 11.6 Å². The van der Waals surface area contributed by atoms with E-state index in [1.165, 1.54) is 6.20 Å². The predicted octanol–water partition coefficient (Wildman–Crippen LogP) is 1.92. The molecule has 0 radical (unpaired) electrons. The molecule has 96 valence electrons. The van der Waals surface area contributed by atoms with Crippen molar-refractivity contribution >= 4 is 23.4 Å². The Kier molecular flexibility index (Phi) is 5.44. The Labute approximate surface area is 106 Å². The molecule has 1 atom stereocenters. The van der Waals surface area contributed by atoms with Gasteiger partial charge in [0.25, 0.3) is 0 Å². The van der Waals surface area contributed by atoms with Crippen LogP contribution in [0, 0.1) is 5.92 Å². The lowest BCUT2D eigenvalue weighted by Crippen LogP contribution is -2.28. The van der Waals surface area contributed by atoms with E-state index >= 15 is 0 Å². The van der Waals surface area contributed by atoms with Gasteiger partial charge in [-0.1, -0.05) is 38.3 Å². The highest BCUT2D eigenvalue weighted by Crippen LogP contribution is 2.19. The van der Waals surface area contributed by atoms with Crippen LogP contribution in [0.4, 0.5) is 11.8 Å². The van der Waals surface area contributed by atoms with Crippen LogP contribution in [0.15, 0.2) is 6.20 Å². The molecule has 0 saturated carbocycles. The van der Waals surface area contributed by atoms with E-state index in [0.29, 0.717) is 17.4 Å². The maximum atomic E-state index is 9.95. The molecule has 0 aliphatic rings. The summed E-state index contributed by atoms with van der Waals surface area (Å²) in [5, 5.41) is 13.3. The van der Waals surface area contributed by atoms with Crippen LogP contribution in [-0.4, -0.2) is 27.7 Å². The number of aliphatic hydroxyl groups is 1. The zero-order valence-electron chi connectivity index (χ0n) is 10.2. The topological polar surface area (TPSA) is 84.1 Å². The second-order valence-electron chi connectivity index (χ2n) is 3.95. The molecule has 6 heteroatoms. The largest absolute Gasteiger partial charge is 0.391 e. The number of hydrogen-bond acceptors (Lipinski definition) is 5. The Bertz CT molecular complexity index is 357. The fourth-order valence-electron chi connectivity index (χ4n) is 1.71. The molecule has 1 rings (SSSR count). The normalized spacial score (nSPS) is 12.8. The summed E-state index contributed by atoms with van der Waals surface area (Å²) in [7, 11) is 0. The van der Waals surface area contributed by atoms with Crippen LogP contribution in [0.25, 0.3) is 0 Å². The first-order valence-corrected chi connectivity index (χ1v) is 6.16. The Morgan fingerprint density at radius 3 is 2.71 bits per heavy atom. The first-order valence-electron chi connectivity index (χ1n) is 5.78. The molecule has 0 amide bonds. The van der Waals surface area contributed by atoms with Gasteiger partial charge in [-0.05, 0) is 5.92 Å². The Hall–Kier alpha value is -1.07. The number of nitrogens with one attached hydrogen (secondary N) is 1. The molecular formula is C11H19ClN4O. The molecule has 1 heterocycles. The average molecular weight is 259 g/mol. The summed E-state index contributed by atoms with van der Waals surface area (Å²) >= 11 is 5.90. The van der Waals surface area contributed by atoms with Crippen LogP contribution in [-0.2, 0) is 0 Å². The van der Waals surface area contributed by atoms with Gasteiger partial charge in [0, 0.05) is 6.54 Å². The molecule has 0 fully saturated rings.